The number of pyridine rings is 1. The number of amides is 1. The minimum Gasteiger partial charge on any atom is -0.451 e. The van der Waals surface area contributed by atoms with Crippen molar-refractivity contribution in [1.29, 1.82) is 5.26 Å². The number of nitrogens with zero attached hydrogens (tertiary/aromatic N) is 2. The van der Waals surface area contributed by atoms with Gasteiger partial charge in [0.2, 0.25) is 11.7 Å². The summed E-state index contributed by atoms with van der Waals surface area (Å²) in [6.07, 6.45) is -8.85. The van der Waals surface area contributed by atoms with Gasteiger partial charge in [-0.3, -0.25) is 9.59 Å². The number of nitriles is 1. The third kappa shape index (κ3) is 6.33. The second-order valence-corrected chi connectivity index (χ2v) is 7.44. The van der Waals surface area contributed by atoms with Crippen LogP contribution in [0.1, 0.15) is 16.7 Å². The van der Waals surface area contributed by atoms with Crippen LogP contribution in [0.4, 0.5) is 32.0 Å². The Hall–Kier alpha value is -3.98. The number of anilines is 1. The quantitative estimate of drug-likeness (QED) is 0.433. The standard InChI is InChI=1S/C22H12ClF6N3O3/c23-14-7-12(10-30)8-16(9-14)35-19-17(22(27,28)29)5-6-32(20(19)34)11-18(33)31-15-3-1-13(2-4-15)21(24,25)26/h1-9H,11H2,(H,31,33). The van der Waals surface area contributed by atoms with E-state index in [0.717, 1.165) is 42.6 Å². The molecule has 35 heavy (non-hydrogen) atoms. The summed E-state index contributed by atoms with van der Waals surface area (Å²) in [5.41, 5.74) is -3.76. The van der Waals surface area contributed by atoms with E-state index < -0.39 is 47.2 Å². The molecule has 6 nitrogen and oxygen atoms in total. The van der Waals surface area contributed by atoms with Crippen LogP contribution in [0.3, 0.4) is 0 Å². The molecule has 1 N–H and O–H groups in total. The van der Waals surface area contributed by atoms with Crippen molar-refractivity contribution in [1.82, 2.24) is 4.57 Å². The molecule has 0 saturated heterocycles. The molecule has 2 aromatic carbocycles. The summed E-state index contributed by atoms with van der Waals surface area (Å²) in [6.45, 7) is -0.770. The number of hydrogen-bond acceptors (Lipinski definition) is 4. The number of ether oxygens (including phenoxy) is 1. The third-order valence-electron chi connectivity index (χ3n) is 4.46. The van der Waals surface area contributed by atoms with Crippen LogP contribution in [0.15, 0.2) is 59.5 Å². The van der Waals surface area contributed by atoms with Gasteiger partial charge in [-0.25, -0.2) is 0 Å². The molecule has 0 aliphatic heterocycles. The number of rotatable bonds is 5. The number of benzene rings is 2. The van der Waals surface area contributed by atoms with Crippen molar-refractivity contribution in [2.24, 2.45) is 0 Å². The van der Waals surface area contributed by atoms with Crippen molar-refractivity contribution >= 4 is 23.2 Å². The summed E-state index contributed by atoms with van der Waals surface area (Å²) in [5.74, 6) is -2.37. The van der Waals surface area contributed by atoms with E-state index in [1.54, 1.807) is 6.07 Å². The number of carbonyl (C=O) groups is 1. The van der Waals surface area contributed by atoms with Crippen LogP contribution in [0.2, 0.25) is 5.02 Å². The highest BCUT2D eigenvalue weighted by molar-refractivity contribution is 6.30. The van der Waals surface area contributed by atoms with Crippen molar-refractivity contribution in [2.45, 2.75) is 18.9 Å². The maximum Gasteiger partial charge on any atom is 0.420 e. The highest BCUT2D eigenvalue weighted by Crippen LogP contribution is 2.36. The highest BCUT2D eigenvalue weighted by Gasteiger charge is 2.37. The molecule has 1 amide bonds. The van der Waals surface area contributed by atoms with Crippen molar-refractivity contribution in [3.63, 3.8) is 0 Å². The van der Waals surface area contributed by atoms with E-state index in [1.165, 1.54) is 6.07 Å². The second-order valence-electron chi connectivity index (χ2n) is 7.00. The zero-order valence-electron chi connectivity index (χ0n) is 17.2. The van der Waals surface area contributed by atoms with Gasteiger partial charge in [-0.05, 0) is 48.5 Å². The van der Waals surface area contributed by atoms with E-state index in [9.17, 15) is 35.9 Å². The monoisotopic (exact) mass is 515 g/mol. The van der Waals surface area contributed by atoms with Gasteiger partial charge in [0, 0.05) is 16.9 Å². The Morgan fingerprint density at radius 3 is 2.26 bits per heavy atom. The van der Waals surface area contributed by atoms with E-state index in [-0.39, 0.29) is 22.0 Å². The highest BCUT2D eigenvalue weighted by atomic mass is 35.5. The molecule has 3 rings (SSSR count). The van der Waals surface area contributed by atoms with Gasteiger partial charge in [0.25, 0.3) is 5.56 Å². The Kier molecular flexibility index (Phi) is 7.11. The largest absolute Gasteiger partial charge is 0.451 e. The first-order chi connectivity index (χ1) is 16.3. The van der Waals surface area contributed by atoms with Gasteiger partial charge in [0.05, 0.1) is 17.2 Å². The van der Waals surface area contributed by atoms with Gasteiger partial charge in [-0.1, -0.05) is 11.6 Å². The van der Waals surface area contributed by atoms with E-state index in [2.05, 4.69) is 5.32 Å². The third-order valence-corrected chi connectivity index (χ3v) is 4.67. The number of halogens is 7. The molecule has 1 aromatic heterocycles. The Balaban J connectivity index is 1.90. The molecular formula is C22H12ClF6N3O3. The van der Waals surface area contributed by atoms with Crippen LogP contribution in [0, 0.1) is 11.3 Å². The van der Waals surface area contributed by atoms with Crippen LogP contribution in [-0.2, 0) is 23.7 Å². The molecule has 182 valence electrons. The van der Waals surface area contributed by atoms with Crippen molar-refractivity contribution < 1.29 is 35.9 Å². The molecule has 3 aromatic rings. The topological polar surface area (TPSA) is 84.1 Å². The van der Waals surface area contributed by atoms with Crippen molar-refractivity contribution in [3.05, 3.63) is 86.8 Å². The van der Waals surface area contributed by atoms with Crippen LogP contribution in [-0.4, -0.2) is 10.5 Å². The van der Waals surface area contributed by atoms with Gasteiger partial charge in [0.15, 0.2) is 0 Å². The number of alkyl halides is 6. The first-order valence-corrected chi connectivity index (χ1v) is 9.82. The lowest BCUT2D eigenvalue weighted by atomic mass is 10.2. The zero-order chi connectivity index (χ0) is 26.0. The minimum absolute atomic E-state index is 0.0256. The zero-order valence-corrected chi connectivity index (χ0v) is 17.9. The average Bonchev–Trinajstić information content (AvgIpc) is 2.75. The number of aromatic nitrogens is 1. The van der Waals surface area contributed by atoms with Gasteiger partial charge in [-0.2, -0.15) is 31.6 Å². The lowest BCUT2D eigenvalue weighted by Gasteiger charge is -2.16. The molecule has 0 atom stereocenters. The van der Waals surface area contributed by atoms with E-state index in [1.807, 2.05) is 0 Å². The molecule has 0 unspecified atom stereocenters. The van der Waals surface area contributed by atoms with E-state index in [0.29, 0.717) is 10.6 Å². The first kappa shape index (κ1) is 25.6. The number of nitrogens with one attached hydrogen (secondary N) is 1. The fraction of sp³-hybridized carbons (Fsp3) is 0.136. The molecule has 0 fully saturated rings. The van der Waals surface area contributed by atoms with Crippen LogP contribution in [0.5, 0.6) is 11.5 Å². The number of hydrogen-bond donors (Lipinski definition) is 1. The molecule has 1 heterocycles. The maximum absolute atomic E-state index is 13.5. The molecular weight excluding hydrogens is 504 g/mol. The fourth-order valence-corrected chi connectivity index (χ4v) is 3.13. The molecule has 0 spiro atoms. The lowest BCUT2D eigenvalue weighted by molar-refractivity contribution is -0.139. The van der Waals surface area contributed by atoms with Crippen LogP contribution in [0.25, 0.3) is 0 Å². The predicted molar refractivity (Wildman–Crippen MR) is 112 cm³/mol. The molecule has 13 heteroatoms. The lowest BCUT2D eigenvalue weighted by Crippen LogP contribution is -2.29. The first-order valence-electron chi connectivity index (χ1n) is 9.44. The fourth-order valence-electron chi connectivity index (χ4n) is 2.90. The Morgan fingerprint density at radius 1 is 1.03 bits per heavy atom. The summed E-state index contributed by atoms with van der Waals surface area (Å²) < 4.78 is 84.2. The van der Waals surface area contributed by atoms with Crippen LogP contribution >= 0.6 is 11.6 Å². The van der Waals surface area contributed by atoms with Crippen molar-refractivity contribution in [2.75, 3.05) is 5.32 Å². The van der Waals surface area contributed by atoms with Gasteiger partial charge in [0.1, 0.15) is 17.9 Å². The van der Waals surface area contributed by atoms with Gasteiger partial charge in [-0.15, -0.1) is 0 Å². The molecule has 0 bridgehead atoms. The molecule has 0 radical (unpaired) electrons. The summed E-state index contributed by atoms with van der Waals surface area (Å²) >= 11 is 5.82. The van der Waals surface area contributed by atoms with Crippen molar-refractivity contribution in [3.8, 4) is 17.6 Å². The Labute approximate surface area is 197 Å². The molecule has 0 aliphatic carbocycles. The van der Waals surface area contributed by atoms with Gasteiger partial charge >= 0.3 is 12.4 Å². The summed E-state index contributed by atoms with van der Waals surface area (Å²) in [6, 6.07) is 9.08. The van der Waals surface area contributed by atoms with Gasteiger partial charge < -0.3 is 14.6 Å². The molecule has 0 saturated carbocycles. The van der Waals surface area contributed by atoms with Crippen LogP contribution < -0.4 is 15.6 Å². The Morgan fingerprint density at radius 2 is 1.69 bits per heavy atom. The summed E-state index contributed by atoms with van der Waals surface area (Å²) in [7, 11) is 0. The minimum atomic E-state index is -4.99. The normalized spacial score (nSPS) is 11.6. The summed E-state index contributed by atoms with van der Waals surface area (Å²) in [5, 5.41) is 11.2. The SMILES string of the molecule is N#Cc1cc(Cl)cc(Oc2c(C(F)(F)F)ccn(CC(=O)Nc3ccc(C(F)(F)F)cc3)c2=O)c1. The predicted octanol–water partition coefficient (Wildman–Crippen LogP) is 5.84. The van der Waals surface area contributed by atoms with E-state index in [4.69, 9.17) is 21.6 Å². The Bertz CT molecular complexity index is 1360. The number of carbonyl (C=O) groups excluding carboxylic acids is 1. The maximum atomic E-state index is 13.5. The smallest absolute Gasteiger partial charge is 0.420 e. The molecule has 0 aliphatic rings. The average molecular weight is 516 g/mol. The second kappa shape index (κ2) is 9.71. The van der Waals surface area contributed by atoms with E-state index >= 15 is 0 Å². The summed E-state index contributed by atoms with van der Waals surface area (Å²) in [4.78, 5) is 25.0.